The molecule has 0 aliphatic rings. The molecule has 1 rings (SSSR count). The van der Waals surface area contributed by atoms with Crippen LogP contribution >= 0.6 is 7.82 Å². The number of rotatable bonds is 14. The van der Waals surface area contributed by atoms with E-state index in [4.69, 9.17) is 0 Å². The van der Waals surface area contributed by atoms with Crippen molar-refractivity contribution in [2.75, 3.05) is 0 Å². The van der Waals surface area contributed by atoms with Crippen LogP contribution in [-0.2, 0) is 15.5 Å². The molecule has 1 aromatic rings. The van der Waals surface area contributed by atoms with Gasteiger partial charge in [-0.25, -0.2) is 0 Å². The van der Waals surface area contributed by atoms with Gasteiger partial charge in [0, 0.05) is 0 Å². The summed E-state index contributed by atoms with van der Waals surface area (Å²) in [6, 6.07) is 8.63. The molecule has 0 saturated carbocycles. The molecule has 0 saturated heterocycles. The molecule has 0 radical (unpaired) electrons. The van der Waals surface area contributed by atoms with Crippen LogP contribution in [0.5, 0.6) is 0 Å². The molecule has 0 N–H and O–H groups in total. The van der Waals surface area contributed by atoms with Crippen molar-refractivity contribution in [2.24, 2.45) is 0 Å². The molecule has 7 heteroatoms. The Kier molecular flexibility index (Phi) is 22.7. The largest absolute Gasteiger partial charge is 1.00 e. The van der Waals surface area contributed by atoms with Crippen LogP contribution in [-0.4, -0.2) is 6.10 Å². The number of phosphoric acid groups is 1. The molecule has 0 aliphatic heterocycles. The summed E-state index contributed by atoms with van der Waals surface area (Å²) in [5.41, 5.74) is 2.88. The Bertz CT molecular complexity index is 522. The van der Waals surface area contributed by atoms with Gasteiger partial charge in [-0.2, -0.15) is 0 Å². The van der Waals surface area contributed by atoms with Crippen molar-refractivity contribution < 1.29 is 122 Å². The Hall–Kier alpha value is 2.60. The fraction of sp³-hybridized carbons (Fsp3) is 0.700. The van der Waals surface area contributed by atoms with Crippen LogP contribution < -0.4 is 113 Å². The Morgan fingerprint density at radius 1 is 0.889 bits per heavy atom. The maximum absolute atomic E-state index is 10.5. The van der Waals surface area contributed by atoms with E-state index in [-0.39, 0.29) is 103 Å². The van der Waals surface area contributed by atoms with Gasteiger partial charge in [-0.05, 0) is 44.2 Å². The van der Waals surface area contributed by atoms with E-state index >= 15 is 0 Å². The molecule has 0 aromatic heterocycles. The second-order valence-corrected chi connectivity index (χ2v) is 8.12. The summed E-state index contributed by atoms with van der Waals surface area (Å²) in [6.45, 7) is 3.82. The van der Waals surface area contributed by atoms with Crippen molar-refractivity contribution in [1.29, 1.82) is 0 Å². The first-order valence-electron chi connectivity index (χ1n) is 9.63. The third-order valence-corrected chi connectivity index (χ3v) is 5.25. The molecule has 144 valence electrons. The maximum Gasteiger partial charge on any atom is 1.00 e. The number of aryl methyl sites for hydroxylation is 2. The molecular formula is C20H33K2O4P. The number of phosphoric ester groups is 1. The van der Waals surface area contributed by atoms with E-state index in [9.17, 15) is 14.4 Å². The molecule has 1 atom stereocenters. The number of benzene rings is 1. The maximum atomic E-state index is 10.5. The second kappa shape index (κ2) is 19.3. The van der Waals surface area contributed by atoms with Gasteiger partial charge in [0.1, 0.15) is 0 Å². The van der Waals surface area contributed by atoms with Crippen LogP contribution in [0.1, 0.15) is 82.3 Å². The summed E-state index contributed by atoms with van der Waals surface area (Å²) in [4.78, 5) is 20.9. The summed E-state index contributed by atoms with van der Waals surface area (Å²) in [7, 11) is -4.82. The minimum absolute atomic E-state index is 0. The van der Waals surface area contributed by atoms with Crippen molar-refractivity contribution in [1.82, 2.24) is 0 Å². The van der Waals surface area contributed by atoms with Crippen molar-refractivity contribution >= 4 is 7.82 Å². The van der Waals surface area contributed by atoms with Gasteiger partial charge in [0.25, 0.3) is 0 Å². The van der Waals surface area contributed by atoms with Gasteiger partial charge in [0.15, 0.2) is 0 Å². The Labute approximate surface area is 251 Å². The number of hydrogen-bond acceptors (Lipinski definition) is 4. The zero-order valence-corrected chi connectivity index (χ0v) is 24.9. The van der Waals surface area contributed by atoms with E-state index in [1.54, 1.807) is 6.92 Å². The zero-order valence-electron chi connectivity index (χ0n) is 17.7. The second-order valence-electron chi connectivity index (χ2n) is 7.01. The first-order chi connectivity index (χ1) is 11.9. The summed E-state index contributed by atoms with van der Waals surface area (Å²) in [6.07, 6.45) is 12.2. The SMILES string of the molecule is Cc1ccccc1CCCCCCCCCCCC(C)OP(=O)([O-])[O-].[K+].[K+]. The summed E-state index contributed by atoms with van der Waals surface area (Å²) < 4.78 is 14.9. The van der Waals surface area contributed by atoms with E-state index < -0.39 is 13.9 Å². The normalized spacial score (nSPS) is 12.1. The van der Waals surface area contributed by atoms with Crippen LogP contribution in [0.25, 0.3) is 0 Å². The van der Waals surface area contributed by atoms with Crippen molar-refractivity contribution in [3.8, 4) is 0 Å². The van der Waals surface area contributed by atoms with E-state index in [1.165, 1.54) is 62.5 Å². The van der Waals surface area contributed by atoms with Crippen LogP contribution in [0.2, 0.25) is 0 Å². The van der Waals surface area contributed by atoms with Crippen molar-refractivity contribution in [3.05, 3.63) is 35.4 Å². The average molecular weight is 447 g/mol. The smallest absolute Gasteiger partial charge is 0.790 e. The molecule has 0 spiro atoms. The number of hydrogen-bond donors (Lipinski definition) is 0. The van der Waals surface area contributed by atoms with Crippen LogP contribution in [0, 0.1) is 6.92 Å². The van der Waals surface area contributed by atoms with E-state index in [2.05, 4.69) is 35.7 Å². The standard InChI is InChI=1S/C20H35O4P.2K/c1-18-14-12-13-17-20(18)16-11-9-7-5-3-4-6-8-10-15-19(2)24-25(21,22)23;;/h12-14,17,19H,3-11,15-16H2,1-2H3,(H2,21,22,23);;/q;2*+1/p-2. The first kappa shape index (κ1) is 31.8. The summed E-state index contributed by atoms with van der Waals surface area (Å²) >= 11 is 0. The fourth-order valence-electron chi connectivity index (χ4n) is 3.15. The molecule has 1 aromatic carbocycles. The molecule has 0 aliphatic carbocycles. The van der Waals surface area contributed by atoms with Crippen LogP contribution in [0.3, 0.4) is 0 Å². The Morgan fingerprint density at radius 3 is 1.89 bits per heavy atom. The predicted molar refractivity (Wildman–Crippen MR) is 99.2 cm³/mol. The molecule has 4 nitrogen and oxygen atoms in total. The molecule has 1 unspecified atom stereocenters. The quantitative estimate of drug-likeness (QED) is 0.202. The third kappa shape index (κ3) is 19.0. The van der Waals surface area contributed by atoms with E-state index in [0.717, 1.165) is 12.8 Å². The molecule has 0 heterocycles. The zero-order chi connectivity index (χ0) is 18.5. The molecule has 0 fully saturated rings. The van der Waals surface area contributed by atoms with Gasteiger partial charge in [0.2, 0.25) is 0 Å². The summed E-state index contributed by atoms with van der Waals surface area (Å²) in [5.74, 6) is 0. The van der Waals surface area contributed by atoms with Crippen molar-refractivity contribution in [3.63, 3.8) is 0 Å². The van der Waals surface area contributed by atoms with E-state index in [0.29, 0.717) is 6.42 Å². The van der Waals surface area contributed by atoms with Gasteiger partial charge in [-0.3, -0.25) is 0 Å². The minimum atomic E-state index is -4.82. The van der Waals surface area contributed by atoms with Crippen molar-refractivity contribution in [2.45, 2.75) is 90.6 Å². The van der Waals surface area contributed by atoms with Gasteiger partial charge < -0.3 is 18.9 Å². The predicted octanol–water partition coefficient (Wildman–Crippen LogP) is -1.32. The summed E-state index contributed by atoms with van der Waals surface area (Å²) in [5, 5.41) is 0. The number of unbranched alkanes of at least 4 members (excludes halogenated alkanes) is 8. The average Bonchev–Trinajstić information content (AvgIpc) is 2.52. The third-order valence-electron chi connectivity index (χ3n) is 4.63. The van der Waals surface area contributed by atoms with Gasteiger partial charge >= 0.3 is 103 Å². The molecule has 27 heavy (non-hydrogen) atoms. The van der Waals surface area contributed by atoms with Gasteiger partial charge in [-0.15, -0.1) is 0 Å². The Balaban J connectivity index is 0. The van der Waals surface area contributed by atoms with Gasteiger partial charge in [0.05, 0.1) is 13.9 Å². The molecule has 0 amide bonds. The van der Waals surface area contributed by atoms with Crippen LogP contribution in [0.4, 0.5) is 0 Å². The van der Waals surface area contributed by atoms with E-state index in [1.807, 2.05) is 0 Å². The topological polar surface area (TPSA) is 72.4 Å². The van der Waals surface area contributed by atoms with Crippen LogP contribution in [0.15, 0.2) is 24.3 Å². The fourth-order valence-corrected chi connectivity index (χ4v) is 3.69. The minimum Gasteiger partial charge on any atom is -0.790 e. The first-order valence-corrected chi connectivity index (χ1v) is 11.1. The Morgan fingerprint density at radius 2 is 1.37 bits per heavy atom. The van der Waals surface area contributed by atoms with Gasteiger partial charge in [-0.1, -0.05) is 75.6 Å². The molecule has 0 bridgehead atoms. The monoisotopic (exact) mass is 446 g/mol. The molecular weight excluding hydrogens is 413 g/mol.